The average molecular weight is 424 g/mol. The van der Waals surface area contributed by atoms with E-state index >= 15 is 0 Å². The molecule has 0 saturated heterocycles. The molecule has 0 aliphatic rings. The zero-order valence-electron chi connectivity index (χ0n) is 18.5. The number of carbonyl (C=O) groups is 1. The van der Waals surface area contributed by atoms with Gasteiger partial charge in [0.15, 0.2) is 0 Å². The van der Waals surface area contributed by atoms with Crippen molar-refractivity contribution in [3.63, 3.8) is 0 Å². The monoisotopic (exact) mass is 423 g/mol. The molecule has 0 saturated carbocycles. The van der Waals surface area contributed by atoms with Crippen molar-refractivity contribution in [1.82, 2.24) is 15.1 Å². The molecule has 1 amide bonds. The fourth-order valence-electron chi connectivity index (χ4n) is 3.76. The van der Waals surface area contributed by atoms with Gasteiger partial charge in [-0.25, -0.2) is 0 Å². The number of carbonyl (C=O) groups excluding carboxylic acids is 1. The van der Waals surface area contributed by atoms with E-state index in [1.807, 2.05) is 74.5 Å². The SMILES string of the molecule is CC#Cc1ccc(-c2ccc(C(=O)N(C)Cc3cccc4cn[nH]c34)cc2OCC)cc1. The molecule has 0 spiro atoms. The number of H-pyrrole nitrogens is 1. The normalized spacial score (nSPS) is 10.5. The van der Waals surface area contributed by atoms with E-state index in [-0.39, 0.29) is 5.91 Å². The van der Waals surface area contributed by atoms with Gasteiger partial charge in [0.2, 0.25) is 0 Å². The Labute approximate surface area is 188 Å². The van der Waals surface area contributed by atoms with Crippen LogP contribution in [0.5, 0.6) is 5.75 Å². The first kappa shape index (κ1) is 21.2. The number of aromatic nitrogens is 2. The molecule has 0 fully saturated rings. The molecule has 32 heavy (non-hydrogen) atoms. The van der Waals surface area contributed by atoms with Crippen molar-refractivity contribution in [2.45, 2.75) is 20.4 Å². The summed E-state index contributed by atoms with van der Waals surface area (Å²) in [7, 11) is 1.80. The number of hydrogen-bond acceptors (Lipinski definition) is 3. The Balaban J connectivity index is 1.60. The largest absolute Gasteiger partial charge is 0.493 e. The number of nitrogens with one attached hydrogen (secondary N) is 1. The Morgan fingerprint density at radius 1 is 1.12 bits per heavy atom. The Morgan fingerprint density at radius 3 is 2.69 bits per heavy atom. The van der Waals surface area contributed by atoms with Crippen molar-refractivity contribution in [1.29, 1.82) is 0 Å². The van der Waals surface area contributed by atoms with E-state index in [9.17, 15) is 4.79 Å². The van der Waals surface area contributed by atoms with Gasteiger partial charge in [-0.2, -0.15) is 5.10 Å². The number of aromatic amines is 1. The maximum atomic E-state index is 13.2. The second-order valence-electron chi connectivity index (χ2n) is 7.51. The summed E-state index contributed by atoms with van der Waals surface area (Å²) in [6.45, 7) is 4.75. The molecule has 1 N–H and O–H groups in total. The second-order valence-corrected chi connectivity index (χ2v) is 7.51. The van der Waals surface area contributed by atoms with Crippen LogP contribution < -0.4 is 4.74 Å². The number of rotatable bonds is 6. The summed E-state index contributed by atoms with van der Waals surface area (Å²) in [5.41, 5.74) is 5.50. The van der Waals surface area contributed by atoms with E-state index < -0.39 is 0 Å². The van der Waals surface area contributed by atoms with Crippen LogP contribution in [0.4, 0.5) is 0 Å². The fraction of sp³-hybridized carbons (Fsp3) is 0.185. The molecule has 0 aliphatic carbocycles. The highest BCUT2D eigenvalue weighted by atomic mass is 16.5. The minimum Gasteiger partial charge on any atom is -0.493 e. The Hall–Kier alpha value is -4.04. The summed E-state index contributed by atoms with van der Waals surface area (Å²) in [6.07, 6.45) is 1.79. The lowest BCUT2D eigenvalue weighted by molar-refractivity contribution is 0.0785. The third kappa shape index (κ3) is 4.35. The van der Waals surface area contributed by atoms with Crippen molar-refractivity contribution in [3.05, 3.63) is 83.6 Å². The summed E-state index contributed by atoms with van der Waals surface area (Å²) in [4.78, 5) is 14.9. The lowest BCUT2D eigenvalue weighted by Gasteiger charge is -2.19. The summed E-state index contributed by atoms with van der Waals surface area (Å²) >= 11 is 0. The number of hydrogen-bond donors (Lipinski definition) is 1. The van der Waals surface area contributed by atoms with E-state index in [2.05, 4.69) is 22.0 Å². The van der Waals surface area contributed by atoms with Gasteiger partial charge in [-0.3, -0.25) is 9.89 Å². The van der Waals surface area contributed by atoms with Gasteiger partial charge in [0, 0.05) is 35.7 Å². The molecule has 5 heteroatoms. The number of nitrogens with zero attached hydrogens (tertiary/aromatic N) is 2. The number of benzene rings is 3. The third-order valence-electron chi connectivity index (χ3n) is 5.31. The molecule has 1 aromatic heterocycles. The van der Waals surface area contributed by atoms with Gasteiger partial charge in [0.25, 0.3) is 5.91 Å². The standard InChI is InChI=1S/C27H25N3O2/c1-4-7-19-10-12-20(13-11-19)24-15-14-21(16-25(24)32-5-2)27(31)30(3)18-23-9-6-8-22-17-28-29-26(22)23/h6,8-17H,5,18H2,1-3H3,(H,28,29). The van der Waals surface area contributed by atoms with Gasteiger partial charge in [-0.05, 0) is 55.3 Å². The summed E-state index contributed by atoms with van der Waals surface area (Å²) in [5, 5.41) is 8.16. The highest BCUT2D eigenvalue weighted by Gasteiger charge is 2.17. The van der Waals surface area contributed by atoms with E-state index in [4.69, 9.17) is 4.74 Å². The first-order valence-electron chi connectivity index (χ1n) is 10.6. The third-order valence-corrected chi connectivity index (χ3v) is 5.31. The van der Waals surface area contributed by atoms with E-state index in [1.165, 1.54) is 0 Å². The maximum absolute atomic E-state index is 13.2. The van der Waals surface area contributed by atoms with Gasteiger partial charge < -0.3 is 9.64 Å². The van der Waals surface area contributed by atoms with Crippen LogP contribution in [0.1, 0.15) is 35.3 Å². The molecule has 0 radical (unpaired) electrons. The molecule has 5 nitrogen and oxygen atoms in total. The van der Waals surface area contributed by atoms with E-state index in [0.29, 0.717) is 24.5 Å². The molecule has 3 aromatic carbocycles. The molecule has 0 aliphatic heterocycles. The van der Waals surface area contributed by atoms with Crippen molar-refractivity contribution in [2.24, 2.45) is 0 Å². The van der Waals surface area contributed by atoms with Gasteiger partial charge in [-0.15, -0.1) is 5.92 Å². The lowest BCUT2D eigenvalue weighted by Crippen LogP contribution is -2.26. The van der Waals surface area contributed by atoms with Crippen LogP contribution in [0.2, 0.25) is 0 Å². The van der Waals surface area contributed by atoms with Crippen LogP contribution in [0.25, 0.3) is 22.0 Å². The number of ether oxygens (including phenoxy) is 1. The van der Waals surface area contributed by atoms with Gasteiger partial charge in [0.05, 0.1) is 18.3 Å². The Bertz CT molecular complexity index is 1310. The zero-order valence-corrected chi connectivity index (χ0v) is 18.5. The second kappa shape index (κ2) is 9.40. The molecule has 160 valence electrons. The molecular formula is C27H25N3O2. The number of fused-ring (bicyclic) bond motifs is 1. The Kier molecular flexibility index (Phi) is 6.23. The summed E-state index contributed by atoms with van der Waals surface area (Å²) in [5.74, 6) is 6.59. The minimum atomic E-state index is -0.0670. The fourth-order valence-corrected chi connectivity index (χ4v) is 3.76. The van der Waals surface area contributed by atoms with Crippen molar-refractivity contribution >= 4 is 16.8 Å². The molecule has 0 unspecified atom stereocenters. The maximum Gasteiger partial charge on any atom is 0.254 e. The number of para-hydroxylation sites is 1. The minimum absolute atomic E-state index is 0.0670. The molecular weight excluding hydrogens is 398 g/mol. The van der Waals surface area contributed by atoms with Crippen LogP contribution in [-0.2, 0) is 6.54 Å². The van der Waals surface area contributed by atoms with Crippen molar-refractivity contribution in [3.8, 4) is 28.7 Å². The lowest BCUT2D eigenvalue weighted by atomic mass is 10.0. The zero-order chi connectivity index (χ0) is 22.5. The van der Waals surface area contributed by atoms with E-state index in [0.717, 1.165) is 33.2 Å². The predicted molar refractivity (Wildman–Crippen MR) is 127 cm³/mol. The smallest absolute Gasteiger partial charge is 0.254 e. The summed E-state index contributed by atoms with van der Waals surface area (Å²) in [6, 6.07) is 19.6. The van der Waals surface area contributed by atoms with Crippen LogP contribution in [0.3, 0.4) is 0 Å². The molecule has 4 rings (SSSR count). The topological polar surface area (TPSA) is 58.2 Å². The Morgan fingerprint density at radius 2 is 1.94 bits per heavy atom. The van der Waals surface area contributed by atoms with Gasteiger partial charge in [0.1, 0.15) is 5.75 Å². The van der Waals surface area contributed by atoms with Crippen LogP contribution in [0.15, 0.2) is 66.9 Å². The highest BCUT2D eigenvalue weighted by Crippen LogP contribution is 2.32. The van der Waals surface area contributed by atoms with Crippen molar-refractivity contribution < 1.29 is 9.53 Å². The predicted octanol–water partition coefficient (Wildman–Crippen LogP) is 5.27. The highest BCUT2D eigenvalue weighted by molar-refractivity contribution is 5.95. The van der Waals surface area contributed by atoms with Crippen LogP contribution in [0, 0.1) is 11.8 Å². The van der Waals surface area contributed by atoms with Crippen LogP contribution in [-0.4, -0.2) is 34.7 Å². The molecule has 0 atom stereocenters. The van der Waals surface area contributed by atoms with Gasteiger partial charge >= 0.3 is 0 Å². The molecule has 1 heterocycles. The molecule has 0 bridgehead atoms. The first-order valence-corrected chi connectivity index (χ1v) is 10.6. The summed E-state index contributed by atoms with van der Waals surface area (Å²) < 4.78 is 5.89. The molecule has 4 aromatic rings. The number of amides is 1. The van der Waals surface area contributed by atoms with E-state index in [1.54, 1.807) is 18.1 Å². The first-order chi connectivity index (χ1) is 15.6. The average Bonchev–Trinajstić information content (AvgIpc) is 3.30. The van der Waals surface area contributed by atoms with Gasteiger partial charge in [-0.1, -0.05) is 36.3 Å². The van der Waals surface area contributed by atoms with Crippen LogP contribution >= 0.6 is 0 Å². The quantitative estimate of drug-likeness (QED) is 0.430. The van der Waals surface area contributed by atoms with Crippen molar-refractivity contribution in [2.75, 3.05) is 13.7 Å².